The van der Waals surface area contributed by atoms with E-state index in [1.54, 1.807) is 53.9 Å². The van der Waals surface area contributed by atoms with Gasteiger partial charge in [-0.05, 0) is 72.4 Å². The van der Waals surface area contributed by atoms with E-state index in [0.29, 0.717) is 29.7 Å². The molecule has 8 nitrogen and oxygen atoms in total. The fourth-order valence-electron chi connectivity index (χ4n) is 4.98. The van der Waals surface area contributed by atoms with Crippen LogP contribution in [-0.4, -0.2) is 40.8 Å². The molecule has 4 rings (SSSR count). The van der Waals surface area contributed by atoms with E-state index in [9.17, 15) is 27.6 Å². The van der Waals surface area contributed by atoms with Crippen molar-refractivity contribution in [3.63, 3.8) is 0 Å². The normalized spacial score (nSPS) is 12.6. The van der Waals surface area contributed by atoms with Crippen LogP contribution < -0.4 is 15.4 Å². The minimum Gasteiger partial charge on any atom is -0.481 e. The number of ether oxygens (including phenoxy) is 1. The first-order valence-electron chi connectivity index (χ1n) is 14.2. The Morgan fingerprint density at radius 1 is 0.956 bits per heavy atom. The van der Waals surface area contributed by atoms with Crippen molar-refractivity contribution in [1.82, 2.24) is 10.3 Å². The van der Waals surface area contributed by atoms with Gasteiger partial charge in [0, 0.05) is 24.0 Å². The molecular formula is C33H32F3N3O5S. The number of nitrogens with zero attached hydrogens (tertiary/aromatic N) is 1. The van der Waals surface area contributed by atoms with E-state index in [2.05, 4.69) is 20.4 Å². The SMILES string of the molecule is CCC[C@@H](c1ccc(C(=O)NCCC(=O)O)cc1)[C@H](C(=O)Nc1ccc(-c2cnc(C)s2)cc1)c1ccc(OC(F)(F)F)cc1. The zero-order chi connectivity index (χ0) is 32.6. The number of halogens is 3. The summed E-state index contributed by atoms with van der Waals surface area (Å²) in [4.78, 5) is 42.5. The zero-order valence-corrected chi connectivity index (χ0v) is 25.4. The molecule has 0 aliphatic heterocycles. The van der Waals surface area contributed by atoms with Gasteiger partial charge in [0.1, 0.15) is 5.75 Å². The van der Waals surface area contributed by atoms with Crippen LogP contribution in [-0.2, 0) is 9.59 Å². The van der Waals surface area contributed by atoms with Crippen LogP contribution in [0, 0.1) is 6.92 Å². The Kier molecular flexibility index (Phi) is 10.9. The number of carbonyl (C=O) groups is 3. The van der Waals surface area contributed by atoms with Gasteiger partial charge in [-0.25, -0.2) is 4.98 Å². The van der Waals surface area contributed by atoms with Gasteiger partial charge in [-0.3, -0.25) is 14.4 Å². The van der Waals surface area contributed by atoms with E-state index in [0.717, 1.165) is 21.0 Å². The molecule has 1 aromatic heterocycles. The number of anilines is 1. The van der Waals surface area contributed by atoms with Crippen LogP contribution in [0.1, 0.15) is 64.5 Å². The van der Waals surface area contributed by atoms with Crippen molar-refractivity contribution in [2.45, 2.75) is 51.3 Å². The van der Waals surface area contributed by atoms with Crippen LogP contribution in [0.4, 0.5) is 18.9 Å². The molecule has 0 aliphatic carbocycles. The maximum Gasteiger partial charge on any atom is 0.573 e. The first-order chi connectivity index (χ1) is 21.4. The summed E-state index contributed by atoms with van der Waals surface area (Å²) >= 11 is 1.55. The highest BCUT2D eigenvalue weighted by molar-refractivity contribution is 7.15. The monoisotopic (exact) mass is 639 g/mol. The van der Waals surface area contributed by atoms with Crippen LogP contribution in [0.2, 0.25) is 0 Å². The minimum atomic E-state index is -4.85. The van der Waals surface area contributed by atoms with Crippen LogP contribution >= 0.6 is 11.3 Å². The largest absolute Gasteiger partial charge is 0.573 e. The van der Waals surface area contributed by atoms with Gasteiger partial charge in [0.25, 0.3) is 5.91 Å². The van der Waals surface area contributed by atoms with E-state index >= 15 is 0 Å². The minimum absolute atomic E-state index is 0.0183. The Bertz CT molecular complexity index is 1600. The van der Waals surface area contributed by atoms with Gasteiger partial charge in [-0.15, -0.1) is 24.5 Å². The van der Waals surface area contributed by atoms with E-state index in [4.69, 9.17) is 5.11 Å². The molecular weight excluding hydrogens is 607 g/mol. The van der Waals surface area contributed by atoms with Gasteiger partial charge >= 0.3 is 12.3 Å². The van der Waals surface area contributed by atoms with Gasteiger partial charge in [0.05, 0.1) is 22.2 Å². The topological polar surface area (TPSA) is 118 Å². The third kappa shape index (κ3) is 9.39. The number of hydrogen-bond donors (Lipinski definition) is 3. The van der Waals surface area contributed by atoms with Crippen LogP contribution in [0.15, 0.2) is 79.0 Å². The zero-order valence-electron chi connectivity index (χ0n) is 24.6. The molecule has 0 spiro atoms. The number of benzene rings is 3. The van der Waals surface area contributed by atoms with Crippen molar-refractivity contribution in [2.24, 2.45) is 0 Å². The second kappa shape index (κ2) is 14.8. The highest BCUT2D eigenvalue weighted by Crippen LogP contribution is 2.39. The van der Waals surface area contributed by atoms with E-state index in [1.807, 2.05) is 26.0 Å². The molecule has 0 saturated carbocycles. The maximum atomic E-state index is 14.0. The number of rotatable bonds is 13. The standard InChI is InChI=1S/C33H32F3N3O5S/c1-3-4-27(21-5-7-24(8-6-21)31(42)37-18-17-29(40)41)30(23-11-15-26(16-12-23)44-33(34,35)36)32(43)39-25-13-9-22(10-14-25)28-19-38-20(2)45-28/h5-16,19,27,30H,3-4,17-18H2,1-2H3,(H,37,42)(H,39,43)(H,40,41)/t27-,30+/m0/s1. The third-order valence-electron chi connectivity index (χ3n) is 7.04. The number of carboxylic acids is 1. The summed E-state index contributed by atoms with van der Waals surface area (Å²) < 4.78 is 42.5. The molecule has 0 aliphatic rings. The lowest BCUT2D eigenvalue weighted by molar-refractivity contribution is -0.274. The molecule has 0 bridgehead atoms. The number of nitrogens with one attached hydrogen (secondary N) is 2. The van der Waals surface area contributed by atoms with Crippen molar-refractivity contribution in [2.75, 3.05) is 11.9 Å². The Morgan fingerprint density at radius 3 is 2.16 bits per heavy atom. The lowest BCUT2D eigenvalue weighted by Gasteiger charge is -2.28. The fraction of sp³-hybridized carbons (Fsp3) is 0.273. The van der Waals surface area contributed by atoms with Gasteiger partial charge in [-0.2, -0.15) is 0 Å². The second-order valence-corrected chi connectivity index (χ2v) is 11.6. The number of amides is 2. The predicted molar refractivity (Wildman–Crippen MR) is 165 cm³/mol. The first kappa shape index (κ1) is 33.2. The van der Waals surface area contributed by atoms with Crippen LogP contribution in [0.25, 0.3) is 10.4 Å². The van der Waals surface area contributed by atoms with Crippen molar-refractivity contribution in [3.8, 4) is 16.2 Å². The van der Waals surface area contributed by atoms with Crippen molar-refractivity contribution in [3.05, 3.63) is 101 Å². The second-order valence-electron chi connectivity index (χ2n) is 10.3. The maximum absolute atomic E-state index is 14.0. The number of aliphatic carboxylic acids is 1. The number of hydrogen-bond acceptors (Lipinski definition) is 6. The number of carbonyl (C=O) groups excluding carboxylic acids is 2. The summed E-state index contributed by atoms with van der Waals surface area (Å²) in [7, 11) is 0. The Labute approximate surface area is 262 Å². The van der Waals surface area contributed by atoms with Gasteiger partial charge < -0.3 is 20.5 Å². The first-order valence-corrected chi connectivity index (χ1v) is 15.0. The van der Waals surface area contributed by atoms with Gasteiger partial charge in [-0.1, -0.05) is 49.7 Å². The summed E-state index contributed by atoms with van der Waals surface area (Å²) in [6.45, 7) is 3.87. The van der Waals surface area contributed by atoms with Gasteiger partial charge in [0.2, 0.25) is 5.91 Å². The summed E-state index contributed by atoms with van der Waals surface area (Å²) in [6, 6.07) is 19.3. The molecule has 0 radical (unpaired) electrons. The van der Waals surface area contributed by atoms with E-state index < -0.39 is 35.8 Å². The molecule has 0 fully saturated rings. The molecule has 2 atom stereocenters. The Morgan fingerprint density at radius 2 is 1.60 bits per heavy atom. The third-order valence-corrected chi connectivity index (χ3v) is 8.00. The van der Waals surface area contributed by atoms with Crippen molar-refractivity contribution >= 4 is 34.8 Å². The molecule has 12 heteroatoms. The average molecular weight is 640 g/mol. The Hall–Kier alpha value is -4.71. The molecule has 3 aromatic carbocycles. The molecule has 236 valence electrons. The van der Waals surface area contributed by atoms with Crippen molar-refractivity contribution < 1.29 is 37.4 Å². The number of carboxylic acid groups (broad SMARTS) is 1. The highest BCUT2D eigenvalue weighted by Gasteiger charge is 2.33. The molecule has 45 heavy (non-hydrogen) atoms. The average Bonchev–Trinajstić information content (AvgIpc) is 3.43. The number of thiazole rings is 1. The van der Waals surface area contributed by atoms with Crippen molar-refractivity contribution in [1.29, 1.82) is 0 Å². The molecule has 2 amide bonds. The number of aryl methyl sites for hydroxylation is 1. The molecule has 1 heterocycles. The predicted octanol–water partition coefficient (Wildman–Crippen LogP) is 7.53. The summed E-state index contributed by atoms with van der Waals surface area (Å²) in [5.74, 6) is -3.40. The fourth-order valence-corrected chi connectivity index (χ4v) is 5.76. The molecule has 0 saturated heterocycles. The van der Waals surface area contributed by atoms with E-state index in [1.165, 1.54) is 24.3 Å². The molecule has 4 aromatic rings. The van der Waals surface area contributed by atoms with E-state index in [-0.39, 0.29) is 18.9 Å². The summed E-state index contributed by atoms with van der Waals surface area (Å²) in [5, 5.41) is 15.3. The van der Waals surface area contributed by atoms with Crippen LogP contribution in [0.5, 0.6) is 5.75 Å². The number of aromatic nitrogens is 1. The van der Waals surface area contributed by atoms with Crippen LogP contribution in [0.3, 0.4) is 0 Å². The van der Waals surface area contributed by atoms with Gasteiger partial charge in [0.15, 0.2) is 0 Å². The lowest BCUT2D eigenvalue weighted by atomic mass is 9.78. The summed E-state index contributed by atoms with van der Waals surface area (Å²) in [6.07, 6.45) is -2.01. The summed E-state index contributed by atoms with van der Waals surface area (Å²) in [5.41, 5.74) is 3.07. The smallest absolute Gasteiger partial charge is 0.481 e. The number of alkyl halides is 3. The Balaban J connectivity index is 1.63. The lowest BCUT2D eigenvalue weighted by Crippen LogP contribution is -2.27. The molecule has 0 unspecified atom stereocenters. The molecule has 3 N–H and O–H groups in total. The quantitative estimate of drug-likeness (QED) is 0.139. The highest BCUT2D eigenvalue weighted by atomic mass is 32.1.